The Morgan fingerprint density at radius 3 is 2.14 bits per heavy atom. The molecule has 4 aromatic rings. The summed E-state index contributed by atoms with van der Waals surface area (Å²) in [5.74, 6) is 2.59. The molecule has 4 rings (SSSR count). The zero-order valence-corrected chi connectivity index (χ0v) is 12.9. The van der Waals surface area contributed by atoms with Gasteiger partial charge in [0.2, 0.25) is 0 Å². The summed E-state index contributed by atoms with van der Waals surface area (Å²) in [6.45, 7) is 6.12. The lowest BCUT2D eigenvalue weighted by Crippen LogP contribution is -1.76. The van der Waals surface area contributed by atoms with Gasteiger partial charge < -0.3 is 13.8 Å². The van der Waals surface area contributed by atoms with Crippen LogP contribution in [0, 0.1) is 20.8 Å². The van der Waals surface area contributed by atoms with E-state index in [0.717, 1.165) is 39.8 Å². The van der Waals surface area contributed by atoms with Crippen molar-refractivity contribution < 1.29 is 8.83 Å². The van der Waals surface area contributed by atoms with Gasteiger partial charge in [-0.25, -0.2) is 0 Å². The van der Waals surface area contributed by atoms with Crippen molar-refractivity contribution in [2.24, 2.45) is 0 Å². The molecule has 0 amide bonds. The number of benzene rings is 1. The van der Waals surface area contributed by atoms with Gasteiger partial charge in [0, 0.05) is 5.39 Å². The third-order valence-corrected chi connectivity index (χ3v) is 4.06. The Labute approximate surface area is 128 Å². The third kappa shape index (κ3) is 1.98. The summed E-state index contributed by atoms with van der Waals surface area (Å²) in [5.41, 5.74) is 5.25. The Hall–Kier alpha value is -2.68. The summed E-state index contributed by atoms with van der Waals surface area (Å²) in [5, 5.41) is 1.17. The molecule has 1 N–H and O–H groups in total. The van der Waals surface area contributed by atoms with E-state index in [4.69, 9.17) is 8.83 Å². The molecule has 0 fully saturated rings. The Morgan fingerprint density at radius 2 is 1.45 bits per heavy atom. The van der Waals surface area contributed by atoms with Crippen LogP contribution in [0.5, 0.6) is 0 Å². The molecule has 0 unspecified atom stereocenters. The first-order valence-electron chi connectivity index (χ1n) is 7.38. The van der Waals surface area contributed by atoms with Crippen LogP contribution in [0.25, 0.3) is 33.9 Å². The molecular formula is C19H17NO2. The van der Waals surface area contributed by atoms with Crippen molar-refractivity contribution in [2.45, 2.75) is 20.8 Å². The van der Waals surface area contributed by atoms with Crippen molar-refractivity contribution in [1.82, 2.24) is 4.98 Å². The average Bonchev–Trinajstić information content (AvgIpc) is 3.20. The first-order chi connectivity index (χ1) is 10.6. The first kappa shape index (κ1) is 13.0. The van der Waals surface area contributed by atoms with Gasteiger partial charge in [0.05, 0.1) is 11.4 Å². The standard InChI is InChI=1S/C19H17NO2/c1-11-4-5-12(2)19-14(11)10-18(22-19)16-8-7-15(20-16)17-9-6-13(3)21-17/h4-10,20H,1-3H3. The molecule has 0 atom stereocenters. The van der Waals surface area contributed by atoms with Crippen LogP contribution >= 0.6 is 0 Å². The van der Waals surface area contributed by atoms with Gasteiger partial charge in [-0.2, -0.15) is 0 Å². The molecule has 0 aliphatic carbocycles. The van der Waals surface area contributed by atoms with Crippen LogP contribution < -0.4 is 0 Å². The molecule has 3 heteroatoms. The van der Waals surface area contributed by atoms with E-state index in [0.29, 0.717) is 0 Å². The van der Waals surface area contributed by atoms with Crippen LogP contribution in [0.2, 0.25) is 0 Å². The van der Waals surface area contributed by atoms with E-state index in [-0.39, 0.29) is 0 Å². The molecule has 0 spiro atoms. The maximum Gasteiger partial charge on any atom is 0.151 e. The van der Waals surface area contributed by atoms with E-state index in [1.165, 1.54) is 10.9 Å². The number of aromatic amines is 1. The fraction of sp³-hybridized carbons (Fsp3) is 0.158. The molecule has 0 radical (unpaired) electrons. The molecule has 0 saturated heterocycles. The van der Waals surface area contributed by atoms with Crippen LogP contribution in [-0.4, -0.2) is 4.98 Å². The number of aromatic nitrogens is 1. The lowest BCUT2D eigenvalue weighted by Gasteiger charge is -1.96. The average molecular weight is 291 g/mol. The predicted octanol–water partition coefficient (Wildman–Crippen LogP) is 5.61. The van der Waals surface area contributed by atoms with E-state index >= 15 is 0 Å². The molecule has 0 aliphatic rings. The van der Waals surface area contributed by atoms with Gasteiger partial charge in [-0.1, -0.05) is 12.1 Å². The number of H-pyrrole nitrogens is 1. The lowest BCUT2D eigenvalue weighted by atomic mass is 10.1. The highest BCUT2D eigenvalue weighted by molar-refractivity contribution is 5.87. The molecular weight excluding hydrogens is 274 g/mol. The van der Waals surface area contributed by atoms with Gasteiger partial charge in [0.1, 0.15) is 17.1 Å². The molecule has 22 heavy (non-hydrogen) atoms. The Balaban J connectivity index is 1.81. The number of fused-ring (bicyclic) bond motifs is 1. The maximum atomic E-state index is 6.06. The van der Waals surface area contributed by atoms with Gasteiger partial charge in [0.15, 0.2) is 5.76 Å². The second kappa shape index (κ2) is 4.67. The van der Waals surface area contributed by atoms with E-state index in [9.17, 15) is 0 Å². The topological polar surface area (TPSA) is 42.1 Å². The maximum absolute atomic E-state index is 6.06. The van der Waals surface area contributed by atoms with Crippen LogP contribution in [0.4, 0.5) is 0 Å². The molecule has 3 aromatic heterocycles. The number of hydrogen-bond donors (Lipinski definition) is 1. The minimum Gasteiger partial charge on any atom is -0.460 e. The highest BCUT2D eigenvalue weighted by atomic mass is 16.3. The van der Waals surface area contributed by atoms with Crippen molar-refractivity contribution in [3.63, 3.8) is 0 Å². The summed E-state index contributed by atoms with van der Waals surface area (Å²) in [6.07, 6.45) is 0. The number of furan rings is 2. The minimum absolute atomic E-state index is 0.840. The zero-order valence-electron chi connectivity index (χ0n) is 12.9. The van der Waals surface area contributed by atoms with E-state index < -0.39 is 0 Å². The van der Waals surface area contributed by atoms with E-state index in [2.05, 4.69) is 37.0 Å². The predicted molar refractivity (Wildman–Crippen MR) is 87.9 cm³/mol. The highest BCUT2D eigenvalue weighted by Crippen LogP contribution is 2.32. The van der Waals surface area contributed by atoms with Crippen LogP contribution in [0.3, 0.4) is 0 Å². The van der Waals surface area contributed by atoms with Crippen molar-refractivity contribution >= 4 is 11.0 Å². The number of rotatable bonds is 2. The van der Waals surface area contributed by atoms with E-state index in [1.807, 2.05) is 31.2 Å². The van der Waals surface area contributed by atoms with Crippen molar-refractivity contribution in [2.75, 3.05) is 0 Å². The number of hydrogen-bond acceptors (Lipinski definition) is 2. The molecule has 3 heterocycles. The van der Waals surface area contributed by atoms with Crippen LogP contribution in [0.15, 0.2) is 51.3 Å². The smallest absolute Gasteiger partial charge is 0.151 e. The SMILES string of the molecule is Cc1ccc(-c2ccc(-c3cc4c(C)ccc(C)c4o3)[nH]2)o1. The van der Waals surface area contributed by atoms with Gasteiger partial charge >= 0.3 is 0 Å². The van der Waals surface area contributed by atoms with E-state index in [1.54, 1.807) is 0 Å². The fourth-order valence-corrected chi connectivity index (χ4v) is 2.79. The third-order valence-electron chi connectivity index (χ3n) is 4.06. The second-order valence-corrected chi connectivity index (χ2v) is 5.75. The monoisotopic (exact) mass is 291 g/mol. The summed E-state index contributed by atoms with van der Waals surface area (Å²) in [6, 6.07) is 14.3. The fourth-order valence-electron chi connectivity index (χ4n) is 2.79. The normalized spacial score (nSPS) is 11.4. The molecule has 1 aromatic carbocycles. The Kier molecular flexibility index (Phi) is 2.76. The van der Waals surface area contributed by atoms with Crippen LogP contribution in [0.1, 0.15) is 16.9 Å². The number of nitrogens with one attached hydrogen (secondary N) is 1. The summed E-state index contributed by atoms with van der Waals surface area (Å²) < 4.78 is 11.7. The Bertz CT molecular complexity index is 930. The lowest BCUT2D eigenvalue weighted by molar-refractivity contribution is 0.546. The Morgan fingerprint density at radius 1 is 0.727 bits per heavy atom. The van der Waals surface area contributed by atoms with Crippen molar-refractivity contribution in [3.8, 4) is 22.9 Å². The summed E-state index contributed by atoms with van der Waals surface area (Å²) in [7, 11) is 0. The van der Waals surface area contributed by atoms with Gasteiger partial charge in [-0.3, -0.25) is 0 Å². The number of aryl methyl sites for hydroxylation is 3. The molecule has 110 valence electrons. The second-order valence-electron chi connectivity index (χ2n) is 5.75. The minimum atomic E-state index is 0.840. The quantitative estimate of drug-likeness (QED) is 0.521. The molecule has 0 aliphatic heterocycles. The first-order valence-corrected chi connectivity index (χ1v) is 7.38. The van der Waals surface area contributed by atoms with Gasteiger partial charge in [0.25, 0.3) is 0 Å². The summed E-state index contributed by atoms with van der Waals surface area (Å²) in [4.78, 5) is 3.37. The summed E-state index contributed by atoms with van der Waals surface area (Å²) >= 11 is 0. The molecule has 3 nitrogen and oxygen atoms in total. The highest BCUT2D eigenvalue weighted by Gasteiger charge is 2.13. The van der Waals surface area contributed by atoms with Crippen molar-refractivity contribution in [3.05, 3.63) is 59.4 Å². The van der Waals surface area contributed by atoms with Gasteiger partial charge in [-0.15, -0.1) is 0 Å². The van der Waals surface area contributed by atoms with Gasteiger partial charge in [-0.05, 0) is 62.2 Å². The van der Waals surface area contributed by atoms with Crippen molar-refractivity contribution in [1.29, 1.82) is 0 Å². The molecule has 0 saturated carbocycles. The largest absolute Gasteiger partial charge is 0.460 e. The zero-order chi connectivity index (χ0) is 15.3. The molecule has 0 bridgehead atoms. The van der Waals surface area contributed by atoms with Crippen LogP contribution in [-0.2, 0) is 0 Å².